The molecule has 1 saturated heterocycles. The van der Waals surface area contributed by atoms with E-state index in [0.29, 0.717) is 56.7 Å². The molecule has 6 rings (SSSR count). The molecule has 4 aromatic carbocycles. The van der Waals surface area contributed by atoms with Crippen LogP contribution in [0.2, 0.25) is 0 Å². The molecule has 0 radical (unpaired) electrons. The van der Waals surface area contributed by atoms with Crippen LogP contribution in [0.4, 0.5) is 27.7 Å². The van der Waals surface area contributed by atoms with Crippen molar-refractivity contribution in [1.82, 2.24) is 19.9 Å². The van der Waals surface area contributed by atoms with Crippen molar-refractivity contribution in [3.63, 3.8) is 0 Å². The van der Waals surface area contributed by atoms with Crippen LogP contribution in [0.15, 0.2) is 83.9 Å². The third-order valence-electron chi connectivity index (χ3n) is 10.1. The van der Waals surface area contributed by atoms with E-state index in [-0.39, 0.29) is 28.3 Å². The van der Waals surface area contributed by atoms with Gasteiger partial charge in [-0.3, -0.25) is 4.79 Å². The molecule has 2 heterocycles. The van der Waals surface area contributed by atoms with Gasteiger partial charge in [-0.2, -0.15) is 0 Å². The lowest BCUT2D eigenvalue weighted by molar-refractivity contribution is 0.0910. The zero-order valence-electron chi connectivity index (χ0n) is 34.5. The molecular formula is C43H51N7O8S. The third-order valence-corrected chi connectivity index (χ3v) is 11.5. The summed E-state index contributed by atoms with van der Waals surface area (Å²) in [5, 5.41) is 13.5. The molecule has 5 N–H and O–H groups in total. The summed E-state index contributed by atoms with van der Waals surface area (Å²) in [6.45, 7) is 7.66. The van der Waals surface area contributed by atoms with Crippen LogP contribution in [0, 0.1) is 0 Å². The number of carbonyl (C=O) groups is 2. The van der Waals surface area contributed by atoms with E-state index in [2.05, 4.69) is 42.9 Å². The number of sulfonamides is 1. The van der Waals surface area contributed by atoms with Crippen LogP contribution in [0.1, 0.15) is 49.5 Å². The van der Waals surface area contributed by atoms with Crippen molar-refractivity contribution in [3.05, 3.63) is 90.1 Å². The minimum atomic E-state index is -3.93. The van der Waals surface area contributed by atoms with E-state index in [1.807, 2.05) is 45.0 Å². The van der Waals surface area contributed by atoms with Crippen LogP contribution in [0.3, 0.4) is 0 Å². The fourth-order valence-electron chi connectivity index (χ4n) is 6.83. The lowest BCUT2D eigenvalue weighted by atomic mass is 9.86. The lowest BCUT2D eigenvalue weighted by Crippen LogP contribution is -2.43. The third kappa shape index (κ3) is 9.79. The molecule has 1 aliphatic heterocycles. The van der Waals surface area contributed by atoms with Gasteiger partial charge in [-0.05, 0) is 81.3 Å². The highest BCUT2D eigenvalue weighted by Gasteiger charge is 2.28. The zero-order valence-corrected chi connectivity index (χ0v) is 35.3. The number of rotatable bonds is 13. The predicted molar refractivity (Wildman–Crippen MR) is 230 cm³/mol. The molecule has 16 heteroatoms. The summed E-state index contributed by atoms with van der Waals surface area (Å²) in [7, 11) is 3.83. The van der Waals surface area contributed by atoms with Gasteiger partial charge in [0.15, 0.2) is 5.75 Å². The highest BCUT2D eigenvalue weighted by atomic mass is 32.2. The number of urea groups is 1. The quantitative estimate of drug-likeness (QED) is 0.0795. The molecule has 3 amide bonds. The van der Waals surface area contributed by atoms with Crippen LogP contribution < -0.4 is 44.9 Å². The number of fused-ring (bicyclic) bond motifs is 1. The lowest BCUT2D eigenvalue weighted by Gasteiger charge is -2.29. The summed E-state index contributed by atoms with van der Waals surface area (Å²) < 4.78 is 51.5. The Kier molecular flexibility index (Phi) is 12.8. The number of hydrogen-bond donors (Lipinski definition) is 5. The molecule has 0 unspecified atom stereocenters. The van der Waals surface area contributed by atoms with Gasteiger partial charge >= 0.3 is 6.03 Å². The summed E-state index contributed by atoms with van der Waals surface area (Å²) in [4.78, 5) is 33.6. The summed E-state index contributed by atoms with van der Waals surface area (Å²) in [5.41, 5.74) is 1.83. The summed E-state index contributed by atoms with van der Waals surface area (Å²) in [6, 6.07) is 20.5. The summed E-state index contributed by atoms with van der Waals surface area (Å²) >= 11 is 0. The van der Waals surface area contributed by atoms with Gasteiger partial charge in [-0.15, -0.1) is 0 Å². The van der Waals surface area contributed by atoms with E-state index in [0.717, 1.165) is 31.3 Å². The average molecular weight is 826 g/mol. The van der Waals surface area contributed by atoms with E-state index in [1.165, 1.54) is 28.4 Å². The monoisotopic (exact) mass is 825 g/mol. The molecule has 1 fully saturated rings. The van der Waals surface area contributed by atoms with Crippen molar-refractivity contribution in [1.29, 1.82) is 0 Å². The summed E-state index contributed by atoms with van der Waals surface area (Å²) in [5.74, 6) is 1.91. The number of piperidine rings is 1. The Morgan fingerprint density at radius 3 is 2.10 bits per heavy atom. The molecule has 59 heavy (non-hydrogen) atoms. The van der Waals surface area contributed by atoms with Gasteiger partial charge in [0, 0.05) is 46.9 Å². The maximum Gasteiger partial charge on any atom is 0.323 e. The Hall–Kier alpha value is -6.10. The second kappa shape index (κ2) is 17.8. The molecule has 0 aliphatic carbocycles. The van der Waals surface area contributed by atoms with Crippen molar-refractivity contribution in [3.8, 4) is 28.7 Å². The smallest absolute Gasteiger partial charge is 0.323 e. The molecule has 15 nitrogen and oxygen atoms in total. The molecule has 1 aliphatic rings. The molecule has 0 bridgehead atoms. The van der Waals surface area contributed by atoms with Crippen LogP contribution in [-0.2, 0) is 15.4 Å². The SMILES string of the molecule is CNS(=O)(=O)c1cc(C(C)(C)C)cc(NC(=O)Nc2ccc(Oc3ccnc(Nc4cc(OC)c(C(=O)NC5CCN(C)CC5)c(OC)c4)c3)c3ccccc23)c1OC. The fraction of sp³-hybridized carbons (Fsp3) is 0.326. The van der Waals surface area contributed by atoms with Crippen molar-refractivity contribution in [2.24, 2.45) is 0 Å². The van der Waals surface area contributed by atoms with E-state index >= 15 is 0 Å². The van der Waals surface area contributed by atoms with E-state index < -0.39 is 21.5 Å². The molecule has 5 aromatic rings. The van der Waals surface area contributed by atoms with Crippen LogP contribution in [0.5, 0.6) is 28.7 Å². The van der Waals surface area contributed by atoms with Gasteiger partial charge in [0.1, 0.15) is 39.3 Å². The van der Waals surface area contributed by atoms with Crippen molar-refractivity contribution in [2.45, 2.75) is 50.0 Å². The number of aromatic nitrogens is 1. The van der Waals surface area contributed by atoms with Gasteiger partial charge in [0.05, 0.1) is 32.7 Å². The van der Waals surface area contributed by atoms with Crippen molar-refractivity contribution >= 4 is 55.6 Å². The largest absolute Gasteiger partial charge is 0.496 e. The number of likely N-dealkylation sites (tertiary alicyclic amines) is 1. The van der Waals surface area contributed by atoms with Crippen LogP contribution in [0.25, 0.3) is 10.8 Å². The van der Waals surface area contributed by atoms with E-state index in [9.17, 15) is 18.0 Å². The number of benzene rings is 4. The second-order valence-corrected chi connectivity index (χ2v) is 17.0. The normalized spacial score (nSPS) is 13.7. The zero-order chi connectivity index (χ0) is 42.5. The van der Waals surface area contributed by atoms with Gasteiger partial charge in [0.25, 0.3) is 5.91 Å². The maximum absolute atomic E-state index is 13.5. The molecule has 312 valence electrons. The molecule has 1 aromatic heterocycles. The summed E-state index contributed by atoms with van der Waals surface area (Å²) in [6.07, 6.45) is 3.33. The Morgan fingerprint density at radius 1 is 0.814 bits per heavy atom. The number of amides is 3. The van der Waals surface area contributed by atoms with Crippen molar-refractivity contribution < 1.29 is 37.0 Å². The standard InChI is InChI=1S/C43H51N7O8S/c1-43(2,3)26-21-33(40(57-8)37(22-26)59(53,54)44-4)49-42(52)48-32-13-14-34(31-12-10-9-11-30(31)32)58-29-15-18-45-38(25-29)46-28-23-35(55-6)39(36(24-28)56-7)41(51)47-27-16-19-50(5)20-17-27/h9-15,18,21-25,27,44H,16-17,19-20H2,1-8H3,(H,45,46)(H,47,51)(H2,48,49,52). The number of anilines is 4. The highest BCUT2D eigenvalue weighted by molar-refractivity contribution is 7.89. The number of nitrogens with zero attached hydrogens (tertiary/aromatic N) is 2. The first kappa shape index (κ1) is 42.5. The predicted octanol–water partition coefficient (Wildman–Crippen LogP) is 7.47. The van der Waals surface area contributed by atoms with Crippen LogP contribution in [-0.4, -0.2) is 84.8 Å². The van der Waals surface area contributed by atoms with Crippen LogP contribution >= 0.6 is 0 Å². The molecule has 0 spiro atoms. The Morgan fingerprint density at radius 2 is 1.47 bits per heavy atom. The number of carbonyl (C=O) groups excluding carboxylic acids is 2. The number of pyridine rings is 1. The Balaban J connectivity index is 1.21. The highest BCUT2D eigenvalue weighted by Crippen LogP contribution is 2.40. The first-order valence-electron chi connectivity index (χ1n) is 19.1. The molecular weight excluding hydrogens is 775 g/mol. The molecule has 0 saturated carbocycles. The van der Waals surface area contributed by atoms with E-state index in [1.54, 1.807) is 54.7 Å². The maximum atomic E-state index is 13.5. The minimum Gasteiger partial charge on any atom is -0.496 e. The van der Waals surface area contributed by atoms with Gasteiger partial charge in [0.2, 0.25) is 10.0 Å². The number of methoxy groups -OCH3 is 3. The second-order valence-electron chi connectivity index (χ2n) is 15.2. The fourth-order valence-corrected chi connectivity index (χ4v) is 7.77. The number of hydrogen-bond acceptors (Lipinski definition) is 11. The van der Waals surface area contributed by atoms with Gasteiger partial charge in [-0.1, -0.05) is 45.0 Å². The number of nitrogens with one attached hydrogen (secondary N) is 5. The first-order chi connectivity index (χ1) is 28.1. The average Bonchev–Trinajstić information content (AvgIpc) is 3.21. The van der Waals surface area contributed by atoms with E-state index in [4.69, 9.17) is 18.9 Å². The number of ether oxygens (including phenoxy) is 4. The Labute approximate surface area is 344 Å². The van der Waals surface area contributed by atoms with Gasteiger partial charge < -0.3 is 45.1 Å². The Bertz CT molecular complexity index is 2440. The first-order valence-corrected chi connectivity index (χ1v) is 20.5. The van der Waals surface area contributed by atoms with Gasteiger partial charge in [-0.25, -0.2) is 22.9 Å². The molecule has 0 atom stereocenters. The van der Waals surface area contributed by atoms with Crippen molar-refractivity contribution in [2.75, 3.05) is 64.5 Å². The minimum absolute atomic E-state index is 0.00311. The topological polar surface area (TPSA) is 181 Å².